The Bertz CT molecular complexity index is 606. The number of aliphatic imine (C=N–C) groups is 1. The molecule has 0 saturated carbocycles. The van der Waals surface area contributed by atoms with Crippen LogP contribution in [0.25, 0.3) is 11.3 Å². The van der Waals surface area contributed by atoms with Gasteiger partial charge in [0, 0.05) is 20.6 Å². The summed E-state index contributed by atoms with van der Waals surface area (Å²) in [6.07, 6.45) is 1.88. The van der Waals surface area contributed by atoms with Crippen molar-refractivity contribution in [1.29, 1.82) is 0 Å². The fourth-order valence-electron chi connectivity index (χ4n) is 2.19. The van der Waals surface area contributed by atoms with Gasteiger partial charge in [0.1, 0.15) is 5.82 Å². The first-order valence-corrected chi connectivity index (χ1v) is 7.61. The van der Waals surface area contributed by atoms with E-state index < -0.39 is 0 Å². The number of benzene rings is 1. The highest BCUT2D eigenvalue weighted by molar-refractivity contribution is 14.0. The lowest BCUT2D eigenvalue weighted by Gasteiger charge is -2.21. The van der Waals surface area contributed by atoms with Gasteiger partial charge in [-0.2, -0.15) is 0 Å². The van der Waals surface area contributed by atoms with Gasteiger partial charge in [-0.15, -0.1) is 24.0 Å². The molecule has 0 bridgehead atoms. The number of rotatable bonds is 5. The molecule has 2 aromatic rings. The highest BCUT2D eigenvalue weighted by Crippen LogP contribution is 2.16. The van der Waals surface area contributed by atoms with Crippen LogP contribution in [0.5, 0.6) is 0 Å². The van der Waals surface area contributed by atoms with Crippen molar-refractivity contribution in [3.63, 3.8) is 0 Å². The summed E-state index contributed by atoms with van der Waals surface area (Å²) in [6, 6.07) is 10.2. The van der Waals surface area contributed by atoms with Crippen LogP contribution in [0.3, 0.4) is 0 Å². The third-order valence-electron chi connectivity index (χ3n) is 3.34. The maximum Gasteiger partial charge on any atom is 0.193 e. The topological polar surface area (TPSA) is 56.3 Å². The smallest absolute Gasteiger partial charge is 0.193 e. The van der Waals surface area contributed by atoms with Gasteiger partial charge in [0.05, 0.1) is 18.4 Å². The van der Waals surface area contributed by atoms with Crippen molar-refractivity contribution in [2.75, 3.05) is 20.6 Å². The van der Waals surface area contributed by atoms with Crippen molar-refractivity contribution in [3.8, 4) is 11.3 Å². The van der Waals surface area contributed by atoms with E-state index in [0.29, 0.717) is 12.5 Å². The highest BCUT2D eigenvalue weighted by Gasteiger charge is 2.10. The molecule has 126 valence electrons. The number of hydrogen-bond donors (Lipinski definition) is 2. The van der Waals surface area contributed by atoms with Crippen LogP contribution in [0.4, 0.5) is 0 Å². The minimum absolute atomic E-state index is 0. The van der Waals surface area contributed by atoms with Crippen LogP contribution in [0.1, 0.15) is 19.7 Å². The van der Waals surface area contributed by atoms with Crippen molar-refractivity contribution >= 4 is 29.9 Å². The van der Waals surface area contributed by atoms with Crippen LogP contribution in [0, 0.1) is 5.92 Å². The first-order valence-electron chi connectivity index (χ1n) is 7.61. The van der Waals surface area contributed by atoms with E-state index in [-0.39, 0.29) is 24.0 Å². The Morgan fingerprint density at radius 1 is 1.30 bits per heavy atom. The number of aromatic nitrogens is 2. The minimum atomic E-state index is 0. The summed E-state index contributed by atoms with van der Waals surface area (Å²) in [7, 11) is 3.82. The zero-order valence-electron chi connectivity index (χ0n) is 14.2. The van der Waals surface area contributed by atoms with E-state index >= 15 is 0 Å². The molecule has 0 spiro atoms. The van der Waals surface area contributed by atoms with Crippen LogP contribution in [-0.4, -0.2) is 41.5 Å². The number of H-pyrrole nitrogens is 1. The monoisotopic (exact) mass is 427 g/mol. The van der Waals surface area contributed by atoms with E-state index in [2.05, 4.69) is 51.2 Å². The molecule has 0 radical (unpaired) electrons. The summed E-state index contributed by atoms with van der Waals surface area (Å²) in [4.78, 5) is 14.2. The average molecular weight is 427 g/mol. The summed E-state index contributed by atoms with van der Waals surface area (Å²) in [5.74, 6) is 2.39. The third kappa shape index (κ3) is 5.85. The van der Waals surface area contributed by atoms with Crippen LogP contribution < -0.4 is 5.32 Å². The summed E-state index contributed by atoms with van der Waals surface area (Å²) in [5.41, 5.74) is 2.18. The molecule has 2 rings (SSSR count). The molecule has 1 aromatic carbocycles. The second-order valence-electron chi connectivity index (χ2n) is 5.79. The van der Waals surface area contributed by atoms with Gasteiger partial charge in [0.25, 0.3) is 0 Å². The predicted octanol–water partition coefficient (Wildman–Crippen LogP) is 3.36. The molecule has 0 aliphatic heterocycles. The van der Waals surface area contributed by atoms with Crippen molar-refractivity contribution in [2.24, 2.45) is 10.9 Å². The zero-order valence-corrected chi connectivity index (χ0v) is 16.5. The maximum atomic E-state index is 4.46. The fraction of sp³-hybridized carbons (Fsp3) is 0.412. The Morgan fingerprint density at radius 3 is 2.61 bits per heavy atom. The van der Waals surface area contributed by atoms with Gasteiger partial charge in [-0.1, -0.05) is 44.2 Å². The van der Waals surface area contributed by atoms with Crippen molar-refractivity contribution < 1.29 is 0 Å². The molecule has 0 atom stereocenters. The largest absolute Gasteiger partial charge is 0.356 e. The zero-order chi connectivity index (χ0) is 15.9. The van der Waals surface area contributed by atoms with Gasteiger partial charge in [0.2, 0.25) is 0 Å². The fourth-order valence-corrected chi connectivity index (χ4v) is 2.19. The molecule has 0 aliphatic rings. The van der Waals surface area contributed by atoms with E-state index in [9.17, 15) is 0 Å². The normalized spacial score (nSPS) is 11.3. The summed E-state index contributed by atoms with van der Waals surface area (Å²) < 4.78 is 0. The standard InChI is InChI=1S/C17H25N5.HI/c1-13(2)10-20-17(18-3)22(4)12-16-19-11-15(21-16)14-8-6-5-7-9-14;/h5-9,11,13H,10,12H2,1-4H3,(H,18,20)(H,19,21);1H. The first-order chi connectivity index (χ1) is 10.6. The Hall–Kier alpha value is -1.57. The van der Waals surface area contributed by atoms with Crippen molar-refractivity contribution in [3.05, 3.63) is 42.4 Å². The Labute approximate surface area is 155 Å². The Balaban J connectivity index is 0.00000264. The Morgan fingerprint density at radius 2 is 2.00 bits per heavy atom. The molecule has 23 heavy (non-hydrogen) atoms. The van der Waals surface area contributed by atoms with Crippen molar-refractivity contribution in [2.45, 2.75) is 20.4 Å². The Kier molecular flexibility index (Phi) is 8.08. The molecule has 6 heteroatoms. The van der Waals surface area contributed by atoms with Crippen LogP contribution in [0.15, 0.2) is 41.5 Å². The predicted molar refractivity (Wildman–Crippen MR) is 107 cm³/mol. The van der Waals surface area contributed by atoms with Gasteiger partial charge in [-0.05, 0) is 11.5 Å². The molecular weight excluding hydrogens is 401 g/mol. The lowest BCUT2D eigenvalue weighted by molar-refractivity contribution is 0.456. The second kappa shape index (κ2) is 9.54. The lowest BCUT2D eigenvalue weighted by atomic mass is 10.2. The molecule has 2 N–H and O–H groups in total. The lowest BCUT2D eigenvalue weighted by Crippen LogP contribution is -2.40. The van der Waals surface area contributed by atoms with E-state index in [1.165, 1.54) is 0 Å². The molecule has 1 aromatic heterocycles. The number of nitrogens with one attached hydrogen (secondary N) is 2. The van der Waals surface area contributed by atoms with E-state index in [1.54, 1.807) is 7.05 Å². The highest BCUT2D eigenvalue weighted by atomic mass is 127. The van der Waals surface area contributed by atoms with Gasteiger partial charge in [-0.25, -0.2) is 4.98 Å². The molecule has 5 nitrogen and oxygen atoms in total. The minimum Gasteiger partial charge on any atom is -0.356 e. The first kappa shape index (κ1) is 19.5. The SMILES string of the molecule is CN=C(NCC(C)C)N(C)Cc1ncc(-c2ccccc2)[nH]1.I. The molecule has 0 aliphatic carbocycles. The van der Waals surface area contributed by atoms with Gasteiger partial charge in [0.15, 0.2) is 5.96 Å². The van der Waals surface area contributed by atoms with E-state index in [1.807, 2.05) is 31.4 Å². The molecular formula is C17H26IN5. The third-order valence-corrected chi connectivity index (χ3v) is 3.34. The maximum absolute atomic E-state index is 4.46. The number of halogens is 1. The molecule has 0 unspecified atom stereocenters. The van der Waals surface area contributed by atoms with E-state index in [4.69, 9.17) is 0 Å². The molecule has 0 fully saturated rings. The molecule has 0 saturated heterocycles. The number of hydrogen-bond acceptors (Lipinski definition) is 2. The van der Waals surface area contributed by atoms with E-state index in [0.717, 1.165) is 29.6 Å². The number of nitrogens with zero attached hydrogens (tertiary/aromatic N) is 3. The van der Waals surface area contributed by atoms with Gasteiger partial charge >= 0.3 is 0 Å². The summed E-state index contributed by atoms with van der Waals surface area (Å²) in [5, 5.41) is 3.36. The quantitative estimate of drug-likeness (QED) is 0.437. The van der Waals surface area contributed by atoms with Crippen LogP contribution in [0.2, 0.25) is 0 Å². The van der Waals surface area contributed by atoms with Crippen LogP contribution in [-0.2, 0) is 6.54 Å². The summed E-state index contributed by atoms with van der Waals surface area (Å²) in [6.45, 7) is 5.95. The van der Waals surface area contributed by atoms with Gasteiger partial charge < -0.3 is 15.2 Å². The summed E-state index contributed by atoms with van der Waals surface area (Å²) >= 11 is 0. The molecule has 0 amide bonds. The number of aromatic amines is 1. The van der Waals surface area contributed by atoms with Gasteiger partial charge in [-0.3, -0.25) is 4.99 Å². The molecule has 1 heterocycles. The second-order valence-corrected chi connectivity index (χ2v) is 5.79. The average Bonchev–Trinajstić information content (AvgIpc) is 2.97. The van der Waals surface area contributed by atoms with Crippen LogP contribution >= 0.6 is 24.0 Å². The van der Waals surface area contributed by atoms with Crippen molar-refractivity contribution in [1.82, 2.24) is 20.2 Å². The number of imidazole rings is 1. The number of guanidine groups is 1.